The lowest BCUT2D eigenvalue weighted by molar-refractivity contribution is -0.113. The summed E-state index contributed by atoms with van der Waals surface area (Å²) in [4.78, 5) is 13.9. The summed E-state index contributed by atoms with van der Waals surface area (Å²) in [5.41, 5.74) is 3.96. The van der Waals surface area contributed by atoms with Crippen LogP contribution in [0.4, 0.5) is 5.00 Å². The van der Waals surface area contributed by atoms with Crippen LogP contribution in [-0.4, -0.2) is 26.4 Å². The topological polar surface area (TPSA) is 83.6 Å². The number of anilines is 1. The fraction of sp³-hybridized carbons (Fsp3) is 0.391. The van der Waals surface area contributed by atoms with Crippen LogP contribution in [0.5, 0.6) is 0 Å². The number of hydrogen-bond acceptors (Lipinski definition) is 6. The summed E-state index contributed by atoms with van der Waals surface area (Å²) < 4.78 is 1.91. The van der Waals surface area contributed by atoms with E-state index >= 15 is 0 Å². The van der Waals surface area contributed by atoms with Crippen LogP contribution >= 0.6 is 23.1 Å². The van der Waals surface area contributed by atoms with Crippen molar-refractivity contribution in [2.75, 3.05) is 11.1 Å². The molecule has 4 rings (SSSR count). The van der Waals surface area contributed by atoms with E-state index in [9.17, 15) is 10.1 Å². The molecule has 0 saturated carbocycles. The third-order valence-electron chi connectivity index (χ3n) is 5.59. The van der Waals surface area contributed by atoms with Crippen LogP contribution in [-0.2, 0) is 24.7 Å². The number of nitrogens with zero attached hydrogens (tertiary/aromatic N) is 4. The van der Waals surface area contributed by atoms with Crippen molar-refractivity contribution < 1.29 is 4.79 Å². The molecule has 31 heavy (non-hydrogen) atoms. The monoisotopic (exact) mass is 451 g/mol. The first-order valence-electron chi connectivity index (χ1n) is 10.5. The zero-order chi connectivity index (χ0) is 21.8. The van der Waals surface area contributed by atoms with Gasteiger partial charge in [0.05, 0.1) is 11.3 Å². The number of aryl methyl sites for hydroxylation is 2. The Balaban J connectivity index is 1.44. The average molecular weight is 452 g/mol. The maximum atomic E-state index is 12.7. The summed E-state index contributed by atoms with van der Waals surface area (Å²) in [6, 6.07) is 10.4. The molecule has 0 bridgehead atoms. The molecule has 3 aromatic rings. The van der Waals surface area contributed by atoms with Gasteiger partial charge in [-0.05, 0) is 43.7 Å². The van der Waals surface area contributed by atoms with Gasteiger partial charge in [-0.25, -0.2) is 0 Å². The van der Waals surface area contributed by atoms with Crippen molar-refractivity contribution in [3.63, 3.8) is 0 Å². The van der Waals surface area contributed by atoms with Gasteiger partial charge in [0.2, 0.25) is 5.91 Å². The van der Waals surface area contributed by atoms with E-state index in [0.29, 0.717) is 15.7 Å². The second kappa shape index (κ2) is 9.67. The molecule has 0 aliphatic heterocycles. The molecule has 0 spiro atoms. The summed E-state index contributed by atoms with van der Waals surface area (Å²) in [6.45, 7) is 2.04. The predicted octanol–water partition coefficient (Wildman–Crippen LogP) is 5.11. The van der Waals surface area contributed by atoms with E-state index in [2.05, 4.69) is 21.6 Å². The SMILES string of the molecule is Cc1ccccc1-c1nnc(SCC(=O)Nc2sc3c(c2C#N)CCCCCC3)n1C. The molecule has 1 aliphatic carbocycles. The summed E-state index contributed by atoms with van der Waals surface area (Å²) in [7, 11) is 1.91. The molecule has 1 amide bonds. The van der Waals surface area contributed by atoms with Gasteiger partial charge in [0.25, 0.3) is 0 Å². The number of hydrogen-bond donors (Lipinski definition) is 1. The van der Waals surface area contributed by atoms with Crippen LogP contribution in [0.2, 0.25) is 0 Å². The molecule has 8 heteroatoms. The van der Waals surface area contributed by atoms with Gasteiger partial charge in [0.15, 0.2) is 11.0 Å². The summed E-state index contributed by atoms with van der Waals surface area (Å²) in [6.07, 6.45) is 6.63. The van der Waals surface area contributed by atoms with E-state index < -0.39 is 0 Å². The largest absolute Gasteiger partial charge is 0.316 e. The molecule has 2 heterocycles. The fourth-order valence-electron chi connectivity index (χ4n) is 3.92. The highest BCUT2D eigenvalue weighted by molar-refractivity contribution is 7.99. The van der Waals surface area contributed by atoms with Crippen LogP contribution in [0.1, 0.15) is 47.3 Å². The molecule has 0 radical (unpaired) electrons. The molecular weight excluding hydrogens is 426 g/mol. The summed E-state index contributed by atoms with van der Waals surface area (Å²) in [5.74, 6) is 0.870. The van der Waals surface area contributed by atoms with Crippen molar-refractivity contribution in [2.24, 2.45) is 7.05 Å². The highest BCUT2D eigenvalue weighted by Crippen LogP contribution is 2.36. The second-order valence-electron chi connectivity index (χ2n) is 7.75. The highest BCUT2D eigenvalue weighted by atomic mass is 32.2. The van der Waals surface area contributed by atoms with Crippen molar-refractivity contribution in [2.45, 2.75) is 50.6 Å². The minimum atomic E-state index is -0.129. The number of carbonyl (C=O) groups excluding carboxylic acids is 1. The van der Waals surface area contributed by atoms with Gasteiger partial charge in [0.1, 0.15) is 11.1 Å². The lowest BCUT2D eigenvalue weighted by Crippen LogP contribution is -2.14. The van der Waals surface area contributed by atoms with Crippen LogP contribution in [0.25, 0.3) is 11.4 Å². The third-order valence-corrected chi connectivity index (χ3v) is 7.82. The van der Waals surface area contributed by atoms with Crippen LogP contribution in [0.3, 0.4) is 0 Å². The van der Waals surface area contributed by atoms with Crippen molar-refractivity contribution in [1.29, 1.82) is 5.26 Å². The van der Waals surface area contributed by atoms with Crippen molar-refractivity contribution in [1.82, 2.24) is 14.8 Å². The zero-order valence-corrected chi connectivity index (χ0v) is 19.4. The van der Waals surface area contributed by atoms with E-state index in [1.54, 1.807) is 11.3 Å². The highest BCUT2D eigenvalue weighted by Gasteiger charge is 2.21. The Morgan fingerprint density at radius 2 is 2.00 bits per heavy atom. The van der Waals surface area contributed by atoms with E-state index in [1.807, 2.05) is 42.8 Å². The van der Waals surface area contributed by atoms with Crippen molar-refractivity contribution in [3.05, 3.63) is 45.8 Å². The first kappa shape index (κ1) is 21.6. The number of fused-ring (bicyclic) bond motifs is 1. The summed E-state index contributed by atoms with van der Waals surface area (Å²) in [5, 5.41) is 22.6. The van der Waals surface area contributed by atoms with E-state index in [0.717, 1.165) is 48.2 Å². The standard InChI is InChI=1S/C23H25N5OS2/c1-15-9-7-8-10-16(15)21-26-27-23(28(21)2)30-14-20(29)25-22-18(13-24)17-11-5-3-4-6-12-19(17)31-22/h7-10H,3-6,11-12,14H2,1-2H3,(H,25,29). The number of carbonyl (C=O) groups is 1. The Bertz CT molecular complexity index is 1140. The number of nitriles is 1. The van der Waals surface area contributed by atoms with Gasteiger partial charge in [-0.1, -0.05) is 48.9 Å². The van der Waals surface area contributed by atoms with Gasteiger partial charge < -0.3 is 9.88 Å². The lowest BCUT2D eigenvalue weighted by atomic mass is 9.97. The number of thioether (sulfide) groups is 1. The normalized spacial score (nSPS) is 13.7. The molecule has 2 aromatic heterocycles. The second-order valence-corrected chi connectivity index (χ2v) is 9.80. The number of amides is 1. The van der Waals surface area contributed by atoms with Gasteiger partial charge >= 0.3 is 0 Å². The molecule has 1 aliphatic rings. The Hall–Kier alpha value is -2.63. The number of aromatic nitrogens is 3. The molecule has 0 atom stereocenters. The average Bonchev–Trinajstić information content (AvgIpc) is 3.26. The fourth-order valence-corrected chi connectivity index (χ4v) is 5.88. The first-order chi connectivity index (χ1) is 15.1. The Morgan fingerprint density at radius 1 is 1.23 bits per heavy atom. The molecule has 0 unspecified atom stereocenters. The van der Waals surface area contributed by atoms with Crippen LogP contribution in [0.15, 0.2) is 29.4 Å². The van der Waals surface area contributed by atoms with Crippen molar-refractivity contribution in [3.8, 4) is 17.5 Å². The first-order valence-corrected chi connectivity index (χ1v) is 12.3. The number of nitrogens with one attached hydrogen (secondary N) is 1. The summed E-state index contributed by atoms with van der Waals surface area (Å²) >= 11 is 2.92. The molecule has 0 fully saturated rings. The predicted molar refractivity (Wildman–Crippen MR) is 125 cm³/mol. The molecule has 6 nitrogen and oxygen atoms in total. The molecule has 0 saturated heterocycles. The molecule has 1 N–H and O–H groups in total. The van der Waals surface area contributed by atoms with E-state index in [4.69, 9.17) is 0 Å². The smallest absolute Gasteiger partial charge is 0.235 e. The Morgan fingerprint density at radius 3 is 2.77 bits per heavy atom. The number of rotatable bonds is 5. The van der Waals surface area contributed by atoms with E-state index in [1.165, 1.54) is 29.5 Å². The van der Waals surface area contributed by atoms with Crippen molar-refractivity contribution >= 4 is 34.0 Å². The Labute approximate surface area is 190 Å². The molecular formula is C23H25N5OS2. The number of thiophene rings is 1. The van der Waals surface area contributed by atoms with Crippen LogP contribution < -0.4 is 5.32 Å². The van der Waals surface area contributed by atoms with Gasteiger partial charge in [-0.3, -0.25) is 4.79 Å². The van der Waals surface area contributed by atoms with Gasteiger partial charge in [0, 0.05) is 17.5 Å². The van der Waals surface area contributed by atoms with Crippen LogP contribution in [0, 0.1) is 18.3 Å². The van der Waals surface area contributed by atoms with E-state index in [-0.39, 0.29) is 11.7 Å². The zero-order valence-electron chi connectivity index (χ0n) is 17.8. The maximum Gasteiger partial charge on any atom is 0.235 e. The lowest BCUT2D eigenvalue weighted by Gasteiger charge is -2.08. The number of benzene rings is 1. The molecule has 160 valence electrons. The van der Waals surface area contributed by atoms with Gasteiger partial charge in [-0.15, -0.1) is 21.5 Å². The molecule has 1 aromatic carbocycles. The minimum absolute atomic E-state index is 0.129. The maximum absolute atomic E-state index is 12.7. The quantitative estimate of drug-likeness (QED) is 0.545. The Kier molecular flexibility index (Phi) is 6.73. The van der Waals surface area contributed by atoms with Gasteiger partial charge in [-0.2, -0.15) is 5.26 Å². The third kappa shape index (κ3) is 4.68. The minimum Gasteiger partial charge on any atom is -0.316 e.